The molecule has 2 amide bonds. The number of aromatic nitrogens is 1. The van der Waals surface area contributed by atoms with Gasteiger partial charge in [-0.2, -0.15) is 13.2 Å². The SMILES string of the molecule is CC(C)(C)C(=O)Nc1cc(C(F)(F)F)cnc1C1(C)NCc2cc(C(=O)N3CCC(S(N)(=O)=O)CC3)ccc21. The molecule has 2 aromatic rings. The van der Waals surface area contributed by atoms with Crippen molar-refractivity contribution in [1.29, 1.82) is 0 Å². The quantitative estimate of drug-likeness (QED) is 0.519. The second kappa shape index (κ2) is 9.86. The third-order valence-corrected chi connectivity index (χ3v) is 8.74. The second-order valence-corrected chi connectivity index (χ2v) is 13.1. The zero-order chi connectivity index (χ0) is 29.0. The summed E-state index contributed by atoms with van der Waals surface area (Å²) >= 11 is 0. The summed E-state index contributed by atoms with van der Waals surface area (Å²) in [6.07, 6.45) is -3.38. The first-order chi connectivity index (χ1) is 17.9. The third kappa shape index (κ3) is 5.80. The van der Waals surface area contributed by atoms with Crippen LogP contribution in [0, 0.1) is 5.41 Å². The van der Waals surface area contributed by atoms with Crippen molar-refractivity contribution in [3.63, 3.8) is 0 Å². The molecule has 0 aliphatic carbocycles. The number of nitrogens with two attached hydrogens (primary N) is 1. The summed E-state index contributed by atoms with van der Waals surface area (Å²) in [6, 6.07) is 5.98. The number of carbonyl (C=O) groups excluding carboxylic acids is 2. The molecule has 39 heavy (non-hydrogen) atoms. The number of benzene rings is 1. The minimum atomic E-state index is -4.65. The van der Waals surface area contributed by atoms with Crippen LogP contribution in [-0.4, -0.2) is 48.5 Å². The van der Waals surface area contributed by atoms with E-state index in [1.807, 2.05) is 0 Å². The van der Waals surface area contributed by atoms with Gasteiger partial charge in [-0.3, -0.25) is 19.9 Å². The standard InChI is InChI=1S/C26H32F3N5O4S/c1-24(2,3)23(36)33-20-12-17(26(27,28)29)14-31-21(20)25(4)19-6-5-15(11-16(19)13-32-25)22(35)34-9-7-18(8-10-34)39(30,37)38/h5-6,11-12,14,18,32H,7-10,13H2,1-4H3,(H,33,36)(H2,30,37,38). The first-order valence-electron chi connectivity index (χ1n) is 12.5. The molecular weight excluding hydrogens is 535 g/mol. The fourth-order valence-electron chi connectivity index (χ4n) is 4.93. The van der Waals surface area contributed by atoms with E-state index in [9.17, 15) is 31.2 Å². The lowest BCUT2D eigenvalue weighted by atomic mass is 9.86. The molecule has 9 nitrogen and oxygen atoms in total. The van der Waals surface area contributed by atoms with Gasteiger partial charge in [0.15, 0.2) is 0 Å². The number of nitrogens with zero attached hydrogens (tertiary/aromatic N) is 2. The lowest BCUT2D eigenvalue weighted by molar-refractivity contribution is -0.137. The van der Waals surface area contributed by atoms with Gasteiger partial charge in [0.05, 0.1) is 27.7 Å². The highest BCUT2D eigenvalue weighted by Gasteiger charge is 2.41. The number of piperidine rings is 1. The molecule has 0 spiro atoms. The van der Waals surface area contributed by atoms with Crippen molar-refractivity contribution in [2.75, 3.05) is 18.4 Å². The van der Waals surface area contributed by atoms with Gasteiger partial charge in [-0.25, -0.2) is 13.6 Å². The van der Waals surface area contributed by atoms with Crippen LogP contribution in [0.15, 0.2) is 30.5 Å². The van der Waals surface area contributed by atoms with Crippen LogP contribution < -0.4 is 15.8 Å². The molecular formula is C26H32F3N5O4S. The summed E-state index contributed by atoms with van der Waals surface area (Å²) in [7, 11) is -3.66. The Bertz CT molecular complexity index is 1410. The summed E-state index contributed by atoms with van der Waals surface area (Å²) in [5, 5.41) is 10.5. The Morgan fingerprint density at radius 1 is 1.15 bits per heavy atom. The van der Waals surface area contributed by atoms with E-state index >= 15 is 0 Å². The van der Waals surface area contributed by atoms with Gasteiger partial charge in [-0.05, 0) is 49.1 Å². The van der Waals surface area contributed by atoms with Crippen molar-refractivity contribution in [3.05, 3.63) is 58.4 Å². The van der Waals surface area contributed by atoms with Crippen molar-refractivity contribution in [2.45, 2.75) is 64.0 Å². The van der Waals surface area contributed by atoms with E-state index in [1.165, 1.54) is 0 Å². The Morgan fingerprint density at radius 2 is 1.79 bits per heavy atom. The topological polar surface area (TPSA) is 134 Å². The Labute approximate surface area is 225 Å². The number of alkyl halides is 3. The minimum absolute atomic E-state index is 0.0505. The third-order valence-electron chi connectivity index (χ3n) is 7.34. The van der Waals surface area contributed by atoms with Gasteiger partial charge in [-0.1, -0.05) is 26.8 Å². The van der Waals surface area contributed by atoms with Gasteiger partial charge in [0, 0.05) is 36.8 Å². The van der Waals surface area contributed by atoms with E-state index < -0.39 is 43.9 Å². The molecule has 13 heteroatoms. The molecule has 0 saturated carbocycles. The van der Waals surface area contributed by atoms with Gasteiger partial charge in [-0.15, -0.1) is 0 Å². The van der Waals surface area contributed by atoms with Crippen LogP contribution in [0.1, 0.15) is 73.3 Å². The summed E-state index contributed by atoms with van der Waals surface area (Å²) in [5.74, 6) is -0.705. The maximum Gasteiger partial charge on any atom is 0.417 e. The molecule has 2 aliphatic rings. The number of carbonyl (C=O) groups is 2. The first-order valence-corrected chi connectivity index (χ1v) is 14.1. The van der Waals surface area contributed by atoms with Crippen molar-refractivity contribution in [2.24, 2.45) is 10.6 Å². The van der Waals surface area contributed by atoms with Crippen LogP contribution in [0.4, 0.5) is 18.9 Å². The number of fused-ring (bicyclic) bond motifs is 1. The molecule has 3 heterocycles. The minimum Gasteiger partial charge on any atom is -0.339 e. The number of anilines is 1. The van der Waals surface area contributed by atoms with Crippen LogP contribution in [0.25, 0.3) is 0 Å². The molecule has 1 aromatic carbocycles. The zero-order valence-electron chi connectivity index (χ0n) is 22.1. The van der Waals surface area contributed by atoms with Crippen molar-refractivity contribution >= 4 is 27.5 Å². The highest BCUT2D eigenvalue weighted by Crippen LogP contribution is 2.41. The monoisotopic (exact) mass is 567 g/mol. The summed E-state index contributed by atoms with van der Waals surface area (Å²) in [4.78, 5) is 31.6. The van der Waals surface area contributed by atoms with Gasteiger partial charge in [0.25, 0.3) is 5.91 Å². The number of pyridine rings is 1. The predicted molar refractivity (Wildman–Crippen MR) is 139 cm³/mol. The van der Waals surface area contributed by atoms with Crippen LogP contribution in [0.3, 0.4) is 0 Å². The number of hydrogen-bond donors (Lipinski definition) is 3. The molecule has 1 unspecified atom stereocenters. The average Bonchev–Trinajstić information content (AvgIpc) is 3.18. The van der Waals surface area contributed by atoms with E-state index in [1.54, 1.807) is 50.8 Å². The molecule has 1 saturated heterocycles. The summed E-state index contributed by atoms with van der Waals surface area (Å²) < 4.78 is 63.7. The average molecular weight is 568 g/mol. The van der Waals surface area contributed by atoms with Crippen LogP contribution >= 0.6 is 0 Å². The second-order valence-electron chi connectivity index (χ2n) is 11.3. The first kappa shape index (κ1) is 29.0. The molecule has 4 rings (SSSR count). The molecule has 0 radical (unpaired) electrons. The number of hydrogen-bond acceptors (Lipinski definition) is 6. The summed E-state index contributed by atoms with van der Waals surface area (Å²) in [5.41, 5.74) is -0.828. The van der Waals surface area contributed by atoms with Gasteiger partial charge in [0.2, 0.25) is 15.9 Å². The van der Waals surface area contributed by atoms with Gasteiger partial charge < -0.3 is 10.2 Å². The normalized spacial score (nSPS) is 20.6. The van der Waals surface area contributed by atoms with Crippen molar-refractivity contribution in [1.82, 2.24) is 15.2 Å². The molecule has 1 atom stereocenters. The summed E-state index contributed by atoms with van der Waals surface area (Å²) in [6.45, 7) is 7.58. The lowest BCUT2D eigenvalue weighted by Crippen LogP contribution is -2.44. The Morgan fingerprint density at radius 3 is 2.36 bits per heavy atom. The molecule has 0 bridgehead atoms. The number of primary sulfonamides is 1. The molecule has 4 N–H and O–H groups in total. The Balaban J connectivity index is 1.65. The molecule has 1 aromatic heterocycles. The molecule has 1 fully saturated rings. The van der Waals surface area contributed by atoms with Crippen LogP contribution in [0.2, 0.25) is 0 Å². The van der Waals surface area contributed by atoms with E-state index in [0.29, 0.717) is 17.7 Å². The smallest absolute Gasteiger partial charge is 0.339 e. The fourth-order valence-corrected chi connectivity index (χ4v) is 5.80. The largest absolute Gasteiger partial charge is 0.417 e. The van der Waals surface area contributed by atoms with Crippen LogP contribution in [-0.2, 0) is 33.1 Å². The van der Waals surface area contributed by atoms with E-state index in [4.69, 9.17) is 5.14 Å². The van der Waals surface area contributed by atoms with Crippen molar-refractivity contribution < 1.29 is 31.2 Å². The van der Waals surface area contributed by atoms with Gasteiger partial charge in [0.1, 0.15) is 0 Å². The maximum absolute atomic E-state index is 13.5. The number of sulfonamides is 1. The number of halogens is 3. The van der Waals surface area contributed by atoms with Gasteiger partial charge >= 0.3 is 6.18 Å². The highest BCUT2D eigenvalue weighted by atomic mass is 32.2. The number of likely N-dealkylation sites (tertiary alicyclic amines) is 1. The highest BCUT2D eigenvalue weighted by molar-refractivity contribution is 7.89. The van der Waals surface area contributed by atoms with E-state index in [2.05, 4.69) is 15.6 Å². The van der Waals surface area contributed by atoms with E-state index in [0.717, 1.165) is 17.8 Å². The number of amides is 2. The lowest BCUT2D eigenvalue weighted by Gasteiger charge is -2.31. The van der Waals surface area contributed by atoms with Crippen LogP contribution in [0.5, 0.6) is 0 Å². The Kier molecular flexibility index (Phi) is 7.32. The maximum atomic E-state index is 13.5. The molecule has 2 aliphatic heterocycles. The molecule has 212 valence electrons. The van der Waals surface area contributed by atoms with E-state index in [-0.39, 0.29) is 43.2 Å². The number of nitrogens with one attached hydrogen (secondary N) is 2. The van der Waals surface area contributed by atoms with Crippen molar-refractivity contribution in [3.8, 4) is 0 Å². The number of rotatable bonds is 4. The fraction of sp³-hybridized carbons (Fsp3) is 0.500. The predicted octanol–water partition coefficient (Wildman–Crippen LogP) is 3.34. The Hall–Kier alpha value is -3.03. The zero-order valence-corrected chi connectivity index (χ0v) is 23.0.